The highest BCUT2D eigenvalue weighted by Crippen LogP contribution is 2.30. The summed E-state index contributed by atoms with van der Waals surface area (Å²) in [6, 6.07) is 7.12. The highest BCUT2D eigenvalue weighted by atomic mass is 16.5. The number of ether oxygens (including phenoxy) is 2. The maximum atomic E-state index is 12.4. The van der Waals surface area contributed by atoms with Gasteiger partial charge in [-0.15, -0.1) is 0 Å². The van der Waals surface area contributed by atoms with Gasteiger partial charge in [-0.3, -0.25) is 4.79 Å². The average molecular weight is 360 g/mol. The van der Waals surface area contributed by atoms with Crippen molar-refractivity contribution in [3.63, 3.8) is 0 Å². The molecule has 0 spiro atoms. The van der Waals surface area contributed by atoms with Gasteiger partial charge >= 0.3 is 0 Å². The third kappa shape index (κ3) is 5.00. The topological polar surface area (TPSA) is 73.6 Å². The molecule has 0 fully saturated rings. The lowest BCUT2D eigenvalue weighted by Gasteiger charge is -2.17. The molecule has 0 saturated heterocycles. The number of methoxy groups -OCH3 is 1. The largest absolute Gasteiger partial charge is 0.493 e. The Hall–Kier alpha value is -2.50. The van der Waals surface area contributed by atoms with E-state index in [1.165, 1.54) is 0 Å². The van der Waals surface area contributed by atoms with E-state index in [2.05, 4.69) is 24.3 Å². The summed E-state index contributed by atoms with van der Waals surface area (Å²) >= 11 is 0. The maximum Gasteiger partial charge on any atom is 0.290 e. The van der Waals surface area contributed by atoms with Crippen LogP contribution in [0.2, 0.25) is 0 Å². The zero-order chi connectivity index (χ0) is 19.3. The molecule has 0 aliphatic heterocycles. The van der Waals surface area contributed by atoms with Gasteiger partial charge in [-0.2, -0.15) is 0 Å². The summed E-state index contributed by atoms with van der Waals surface area (Å²) in [5.74, 6) is 1.89. The Kier molecular flexibility index (Phi) is 6.66. The molecule has 26 heavy (non-hydrogen) atoms. The molecule has 0 bridgehead atoms. The van der Waals surface area contributed by atoms with Gasteiger partial charge in [0.05, 0.1) is 25.5 Å². The molecule has 1 heterocycles. The second-order valence-corrected chi connectivity index (χ2v) is 7.08. The number of aromatic nitrogens is 1. The van der Waals surface area contributed by atoms with Crippen LogP contribution < -0.4 is 14.8 Å². The molecule has 1 N–H and O–H groups in total. The highest BCUT2D eigenvalue weighted by Gasteiger charge is 2.18. The minimum absolute atomic E-state index is 0.209. The first kappa shape index (κ1) is 19.8. The van der Waals surface area contributed by atoms with E-state index >= 15 is 0 Å². The van der Waals surface area contributed by atoms with Crippen molar-refractivity contribution < 1.29 is 18.8 Å². The lowest BCUT2D eigenvalue weighted by atomic mass is 10.1. The SMILES string of the molecule is COc1cc(C(C)NC(=O)c2cc(C(C)C)no2)ccc1OCC(C)C. The second kappa shape index (κ2) is 8.74. The van der Waals surface area contributed by atoms with Crippen LogP contribution in [0.1, 0.15) is 68.4 Å². The van der Waals surface area contributed by atoms with Crippen LogP contribution in [-0.4, -0.2) is 24.8 Å². The number of nitrogens with one attached hydrogen (secondary N) is 1. The molecule has 6 nitrogen and oxygen atoms in total. The lowest BCUT2D eigenvalue weighted by molar-refractivity contribution is 0.0902. The van der Waals surface area contributed by atoms with Gasteiger partial charge in [0.1, 0.15) is 0 Å². The molecule has 142 valence electrons. The number of benzene rings is 1. The summed E-state index contributed by atoms with van der Waals surface area (Å²) in [5, 5.41) is 6.83. The van der Waals surface area contributed by atoms with Crippen molar-refractivity contribution in [2.75, 3.05) is 13.7 Å². The lowest BCUT2D eigenvalue weighted by Crippen LogP contribution is -2.26. The first-order chi connectivity index (χ1) is 12.3. The van der Waals surface area contributed by atoms with E-state index in [4.69, 9.17) is 14.0 Å². The number of hydrogen-bond acceptors (Lipinski definition) is 5. The highest BCUT2D eigenvalue weighted by molar-refractivity contribution is 5.91. The number of hydrogen-bond donors (Lipinski definition) is 1. The Labute approximate surface area is 154 Å². The van der Waals surface area contributed by atoms with E-state index in [-0.39, 0.29) is 23.6 Å². The number of carbonyl (C=O) groups is 1. The van der Waals surface area contributed by atoms with Crippen molar-refractivity contribution in [1.82, 2.24) is 10.5 Å². The van der Waals surface area contributed by atoms with Gasteiger partial charge in [-0.05, 0) is 36.5 Å². The molecule has 1 amide bonds. The monoisotopic (exact) mass is 360 g/mol. The fraction of sp³-hybridized carbons (Fsp3) is 0.500. The fourth-order valence-corrected chi connectivity index (χ4v) is 2.35. The van der Waals surface area contributed by atoms with Crippen molar-refractivity contribution in [2.24, 2.45) is 5.92 Å². The molecule has 0 aliphatic rings. The Morgan fingerprint density at radius 3 is 2.46 bits per heavy atom. The molecule has 1 aromatic carbocycles. The normalized spacial score (nSPS) is 12.3. The number of carbonyl (C=O) groups excluding carboxylic acids is 1. The van der Waals surface area contributed by atoms with Crippen molar-refractivity contribution in [1.29, 1.82) is 0 Å². The molecule has 2 rings (SSSR count). The van der Waals surface area contributed by atoms with E-state index < -0.39 is 0 Å². The van der Waals surface area contributed by atoms with Crippen LogP contribution in [0, 0.1) is 5.92 Å². The average Bonchev–Trinajstić information content (AvgIpc) is 3.10. The van der Waals surface area contributed by atoms with Crippen molar-refractivity contribution in [3.8, 4) is 11.5 Å². The van der Waals surface area contributed by atoms with Gasteiger partial charge in [0.25, 0.3) is 5.91 Å². The standard InChI is InChI=1S/C20H28N2O4/c1-12(2)11-25-17-8-7-15(9-18(17)24-6)14(5)21-20(23)19-10-16(13(3)4)22-26-19/h7-10,12-14H,11H2,1-6H3,(H,21,23). The van der Waals surface area contributed by atoms with E-state index in [9.17, 15) is 4.79 Å². The summed E-state index contributed by atoms with van der Waals surface area (Å²) < 4.78 is 16.3. The molecule has 1 atom stereocenters. The summed E-state index contributed by atoms with van der Waals surface area (Å²) in [6.45, 7) is 10.7. The first-order valence-corrected chi connectivity index (χ1v) is 8.90. The van der Waals surface area contributed by atoms with E-state index in [1.54, 1.807) is 13.2 Å². The van der Waals surface area contributed by atoms with Crippen LogP contribution in [-0.2, 0) is 0 Å². The molecule has 0 saturated carbocycles. The zero-order valence-electron chi connectivity index (χ0n) is 16.3. The molecule has 6 heteroatoms. The van der Waals surface area contributed by atoms with Gasteiger partial charge in [0.2, 0.25) is 5.76 Å². The summed E-state index contributed by atoms with van der Waals surface area (Å²) in [6.07, 6.45) is 0. The summed E-state index contributed by atoms with van der Waals surface area (Å²) in [5.41, 5.74) is 1.67. The minimum Gasteiger partial charge on any atom is -0.493 e. The van der Waals surface area contributed by atoms with Crippen LogP contribution in [0.15, 0.2) is 28.8 Å². The van der Waals surface area contributed by atoms with E-state index in [0.29, 0.717) is 24.0 Å². The van der Waals surface area contributed by atoms with Crippen LogP contribution in [0.3, 0.4) is 0 Å². The van der Waals surface area contributed by atoms with Gasteiger partial charge < -0.3 is 19.3 Å². The molecular formula is C20H28N2O4. The molecule has 2 aromatic rings. The predicted molar refractivity (Wildman–Crippen MR) is 99.8 cm³/mol. The fourth-order valence-electron chi connectivity index (χ4n) is 2.35. The smallest absolute Gasteiger partial charge is 0.290 e. The summed E-state index contributed by atoms with van der Waals surface area (Å²) in [4.78, 5) is 12.4. The molecular weight excluding hydrogens is 332 g/mol. The zero-order valence-corrected chi connectivity index (χ0v) is 16.3. The Bertz CT molecular complexity index is 737. The first-order valence-electron chi connectivity index (χ1n) is 8.90. The Balaban J connectivity index is 2.08. The van der Waals surface area contributed by atoms with Gasteiger partial charge in [0, 0.05) is 6.07 Å². The number of nitrogens with zero attached hydrogens (tertiary/aromatic N) is 1. The van der Waals surface area contributed by atoms with Crippen LogP contribution in [0.25, 0.3) is 0 Å². The van der Waals surface area contributed by atoms with Crippen molar-refractivity contribution in [2.45, 2.75) is 46.6 Å². The van der Waals surface area contributed by atoms with Gasteiger partial charge in [0.15, 0.2) is 11.5 Å². The quantitative estimate of drug-likeness (QED) is 0.758. The Morgan fingerprint density at radius 1 is 1.15 bits per heavy atom. The van der Waals surface area contributed by atoms with E-state index in [1.807, 2.05) is 39.0 Å². The van der Waals surface area contributed by atoms with Crippen LogP contribution >= 0.6 is 0 Å². The van der Waals surface area contributed by atoms with Gasteiger partial charge in [-0.1, -0.05) is 38.9 Å². The van der Waals surface area contributed by atoms with Crippen molar-refractivity contribution >= 4 is 5.91 Å². The number of amides is 1. The van der Waals surface area contributed by atoms with Crippen LogP contribution in [0.4, 0.5) is 0 Å². The number of rotatable bonds is 8. The predicted octanol–water partition coefficient (Wildman–Crippen LogP) is 4.33. The molecule has 0 aliphatic carbocycles. The molecule has 1 unspecified atom stereocenters. The van der Waals surface area contributed by atoms with Crippen molar-refractivity contribution in [3.05, 3.63) is 41.3 Å². The maximum absolute atomic E-state index is 12.4. The van der Waals surface area contributed by atoms with Gasteiger partial charge in [-0.25, -0.2) is 0 Å². The third-order valence-electron chi connectivity index (χ3n) is 3.95. The van der Waals surface area contributed by atoms with E-state index in [0.717, 1.165) is 11.3 Å². The minimum atomic E-state index is -0.295. The third-order valence-corrected chi connectivity index (χ3v) is 3.95. The second-order valence-electron chi connectivity index (χ2n) is 7.08. The molecule has 1 aromatic heterocycles. The summed E-state index contributed by atoms with van der Waals surface area (Å²) in [7, 11) is 1.60. The van der Waals surface area contributed by atoms with Crippen LogP contribution in [0.5, 0.6) is 11.5 Å². The molecule has 0 radical (unpaired) electrons. The Morgan fingerprint density at radius 2 is 1.88 bits per heavy atom.